The van der Waals surface area contributed by atoms with E-state index >= 15 is 0 Å². The summed E-state index contributed by atoms with van der Waals surface area (Å²) in [5, 5.41) is 4.89. The normalized spacial score (nSPS) is 10.6. The second-order valence-electron chi connectivity index (χ2n) is 4.02. The van der Waals surface area contributed by atoms with E-state index in [1.807, 2.05) is 6.92 Å². The third-order valence-electron chi connectivity index (χ3n) is 2.83. The fraction of sp³-hybridized carbons (Fsp3) is 0.308. The highest BCUT2D eigenvalue weighted by molar-refractivity contribution is 6.32. The van der Waals surface area contributed by atoms with Crippen LogP contribution in [0.25, 0.3) is 0 Å². The molecule has 0 N–H and O–H groups in total. The predicted octanol–water partition coefficient (Wildman–Crippen LogP) is 2.46. The zero-order valence-electron chi connectivity index (χ0n) is 10.4. The molecule has 0 spiro atoms. The second kappa shape index (κ2) is 5.31. The van der Waals surface area contributed by atoms with Crippen LogP contribution in [0.3, 0.4) is 0 Å². The van der Waals surface area contributed by atoms with Crippen LogP contribution in [0.2, 0.25) is 5.02 Å². The minimum Gasteiger partial charge on any atom is -0.294 e. The summed E-state index contributed by atoms with van der Waals surface area (Å²) in [5.41, 5.74) is 2.23. The number of carbonyl (C=O) groups excluding carboxylic acids is 1. The van der Waals surface area contributed by atoms with Crippen LogP contribution >= 0.6 is 11.6 Å². The summed E-state index contributed by atoms with van der Waals surface area (Å²) in [5.74, 6) is 0.0185. The fourth-order valence-electron chi connectivity index (χ4n) is 1.80. The Morgan fingerprint density at radius 1 is 1.39 bits per heavy atom. The highest BCUT2D eigenvalue weighted by atomic mass is 35.5. The van der Waals surface area contributed by atoms with Gasteiger partial charge < -0.3 is 0 Å². The maximum absolute atomic E-state index is 12.1. The van der Waals surface area contributed by atoms with Crippen LogP contribution in [0.4, 0.5) is 0 Å². The Labute approximate surface area is 111 Å². The van der Waals surface area contributed by atoms with Crippen LogP contribution in [0.5, 0.6) is 0 Å². The second-order valence-corrected chi connectivity index (χ2v) is 4.40. The van der Waals surface area contributed by atoms with Crippen molar-refractivity contribution in [3.63, 3.8) is 0 Å². The van der Waals surface area contributed by atoms with Crippen LogP contribution in [0.1, 0.15) is 28.7 Å². The van der Waals surface area contributed by atoms with Gasteiger partial charge in [0.15, 0.2) is 5.78 Å². The van der Waals surface area contributed by atoms with E-state index in [1.54, 1.807) is 36.3 Å². The van der Waals surface area contributed by atoms with Crippen molar-refractivity contribution in [1.29, 1.82) is 0 Å². The number of nitrogens with zero attached hydrogens (tertiary/aromatic N) is 3. The maximum atomic E-state index is 12.1. The van der Waals surface area contributed by atoms with E-state index in [1.165, 1.54) is 0 Å². The van der Waals surface area contributed by atoms with Gasteiger partial charge >= 0.3 is 0 Å². The molecule has 0 atom stereocenters. The van der Waals surface area contributed by atoms with Gasteiger partial charge in [0.1, 0.15) is 0 Å². The summed E-state index contributed by atoms with van der Waals surface area (Å²) in [4.78, 5) is 16.0. The number of aromatic nitrogens is 3. The number of hydrogen-bond acceptors (Lipinski definition) is 3. The average Bonchev–Trinajstić information content (AvgIpc) is 2.67. The minimum absolute atomic E-state index is 0.0185. The molecule has 0 aliphatic heterocycles. The zero-order chi connectivity index (χ0) is 13.1. The quantitative estimate of drug-likeness (QED) is 0.796. The molecule has 0 saturated heterocycles. The molecule has 2 heterocycles. The van der Waals surface area contributed by atoms with E-state index in [0.29, 0.717) is 10.6 Å². The first kappa shape index (κ1) is 12.8. The van der Waals surface area contributed by atoms with Gasteiger partial charge in [-0.3, -0.25) is 14.5 Å². The van der Waals surface area contributed by atoms with E-state index in [4.69, 9.17) is 11.6 Å². The van der Waals surface area contributed by atoms with E-state index in [9.17, 15) is 4.79 Å². The van der Waals surface area contributed by atoms with Crippen molar-refractivity contribution in [3.05, 3.63) is 46.5 Å². The van der Waals surface area contributed by atoms with Crippen molar-refractivity contribution in [2.24, 2.45) is 7.05 Å². The number of pyridine rings is 1. The Morgan fingerprint density at radius 2 is 2.06 bits per heavy atom. The fourth-order valence-corrected chi connectivity index (χ4v) is 2.16. The smallest absolute Gasteiger partial charge is 0.168 e. The monoisotopic (exact) mass is 263 g/mol. The van der Waals surface area contributed by atoms with Gasteiger partial charge in [-0.05, 0) is 18.6 Å². The van der Waals surface area contributed by atoms with Crippen LogP contribution in [0.15, 0.2) is 24.5 Å². The first-order valence-corrected chi connectivity index (χ1v) is 6.14. The lowest BCUT2D eigenvalue weighted by molar-refractivity contribution is 0.0990. The molecule has 2 rings (SSSR count). The van der Waals surface area contributed by atoms with Crippen molar-refractivity contribution in [2.45, 2.75) is 19.8 Å². The molecule has 94 valence electrons. The van der Waals surface area contributed by atoms with Crippen molar-refractivity contribution in [3.8, 4) is 0 Å². The Hall–Kier alpha value is -1.68. The van der Waals surface area contributed by atoms with Crippen LogP contribution in [0, 0.1) is 0 Å². The summed E-state index contributed by atoms with van der Waals surface area (Å²) in [6.07, 6.45) is 4.23. The summed E-state index contributed by atoms with van der Waals surface area (Å²) >= 11 is 6.21. The molecule has 2 aromatic rings. The van der Waals surface area contributed by atoms with E-state index < -0.39 is 0 Å². The number of ketones is 1. The number of hydrogen-bond donors (Lipinski definition) is 0. The van der Waals surface area contributed by atoms with Crippen molar-refractivity contribution < 1.29 is 4.79 Å². The average molecular weight is 264 g/mol. The predicted molar refractivity (Wildman–Crippen MR) is 69.9 cm³/mol. The first-order chi connectivity index (χ1) is 8.63. The molecule has 0 radical (unpaired) electrons. The molecule has 0 bridgehead atoms. The largest absolute Gasteiger partial charge is 0.294 e. The summed E-state index contributed by atoms with van der Waals surface area (Å²) in [7, 11) is 1.81. The van der Waals surface area contributed by atoms with Crippen LogP contribution < -0.4 is 0 Å². The minimum atomic E-state index is 0.0185. The Bertz CT molecular complexity index is 563. The van der Waals surface area contributed by atoms with Crippen molar-refractivity contribution in [2.75, 3.05) is 0 Å². The van der Waals surface area contributed by atoms with Gasteiger partial charge in [-0.25, -0.2) is 0 Å². The molecule has 18 heavy (non-hydrogen) atoms. The third kappa shape index (κ3) is 2.43. The SMILES string of the molecule is CCc1nn(C)c(CC(=O)c2ccncc2)c1Cl. The van der Waals surface area contributed by atoms with Gasteiger partial charge in [0.25, 0.3) is 0 Å². The topological polar surface area (TPSA) is 47.8 Å². The van der Waals surface area contributed by atoms with Gasteiger partial charge in [0.2, 0.25) is 0 Å². The molecule has 0 aliphatic rings. The number of halogens is 1. The van der Waals surface area contributed by atoms with Gasteiger partial charge in [0, 0.05) is 25.0 Å². The molecule has 4 nitrogen and oxygen atoms in total. The molecule has 0 fully saturated rings. The van der Waals surface area contributed by atoms with Gasteiger partial charge in [0.05, 0.1) is 22.8 Å². The molecule has 2 aromatic heterocycles. The lowest BCUT2D eigenvalue weighted by atomic mass is 10.1. The summed E-state index contributed by atoms with van der Waals surface area (Å²) in [6, 6.07) is 3.40. The number of carbonyl (C=O) groups is 1. The van der Waals surface area contributed by atoms with E-state index in [2.05, 4.69) is 10.1 Å². The van der Waals surface area contributed by atoms with Crippen LogP contribution in [-0.4, -0.2) is 20.5 Å². The molecule has 5 heteroatoms. The third-order valence-corrected chi connectivity index (χ3v) is 3.27. The molecular formula is C13H14ClN3O. The maximum Gasteiger partial charge on any atom is 0.168 e. The molecule has 0 aromatic carbocycles. The van der Waals surface area contributed by atoms with E-state index in [0.717, 1.165) is 17.8 Å². The summed E-state index contributed by atoms with van der Waals surface area (Å²) < 4.78 is 1.68. The number of rotatable bonds is 4. The van der Waals surface area contributed by atoms with Crippen LogP contribution in [-0.2, 0) is 19.9 Å². The molecule has 0 amide bonds. The van der Waals surface area contributed by atoms with Gasteiger partial charge in [-0.15, -0.1) is 0 Å². The Kier molecular flexibility index (Phi) is 3.77. The molecular weight excluding hydrogens is 250 g/mol. The lowest BCUT2D eigenvalue weighted by Gasteiger charge is -2.02. The number of aryl methyl sites for hydroxylation is 2. The standard InChI is InChI=1S/C13H14ClN3O/c1-3-10-13(14)11(17(2)16-10)8-12(18)9-4-6-15-7-5-9/h4-7H,3,8H2,1-2H3. The highest BCUT2D eigenvalue weighted by Gasteiger charge is 2.16. The van der Waals surface area contributed by atoms with Crippen molar-refractivity contribution in [1.82, 2.24) is 14.8 Å². The van der Waals surface area contributed by atoms with Crippen molar-refractivity contribution >= 4 is 17.4 Å². The van der Waals surface area contributed by atoms with E-state index in [-0.39, 0.29) is 12.2 Å². The zero-order valence-corrected chi connectivity index (χ0v) is 11.1. The highest BCUT2D eigenvalue weighted by Crippen LogP contribution is 2.22. The summed E-state index contributed by atoms with van der Waals surface area (Å²) in [6.45, 7) is 1.99. The Balaban J connectivity index is 2.25. The Morgan fingerprint density at radius 3 is 2.61 bits per heavy atom. The molecule has 0 unspecified atom stereocenters. The van der Waals surface area contributed by atoms with Gasteiger partial charge in [-0.2, -0.15) is 5.10 Å². The molecule has 0 aliphatic carbocycles. The number of Topliss-reactive ketones (excluding diaryl/α,β-unsaturated/α-hetero) is 1. The molecule has 0 saturated carbocycles. The van der Waals surface area contributed by atoms with Gasteiger partial charge in [-0.1, -0.05) is 18.5 Å². The first-order valence-electron chi connectivity index (χ1n) is 5.77. The lowest BCUT2D eigenvalue weighted by Crippen LogP contribution is -2.08.